The van der Waals surface area contributed by atoms with Gasteiger partial charge >= 0.3 is 0 Å². The number of carbonyl (C=O) groups excluding carboxylic acids is 1. The molecule has 3 heterocycles. The van der Waals surface area contributed by atoms with Gasteiger partial charge in [0.05, 0.1) is 11.2 Å². The predicted octanol–water partition coefficient (Wildman–Crippen LogP) is 2.35. The van der Waals surface area contributed by atoms with E-state index < -0.39 is 6.10 Å². The second kappa shape index (κ2) is 4.74. The number of nitrogens with one attached hydrogen (secondary N) is 2. The largest absolute Gasteiger partial charge is 0.479 e. The van der Waals surface area contributed by atoms with Crippen molar-refractivity contribution < 1.29 is 9.53 Å². The fraction of sp³-hybridized carbons (Fsp3) is 0.176. The van der Waals surface area contributed by atoms with Gasteiger partial charge in [-0.3, -0.25) is 9.59 Å². The van der Waals surface area contributed by atoms with E-state index in [-0.39, 0.29) is 11.3 Å². The number of benzene rings is 1. The molecule has 23 heavy (non-hydrogen) atoms. The number of aromatic amines is 1. The zero-order valence-electron chi connectivity index (χ0n) is 12.7. The van der Waals surface area contributed by atoms with Crippen LogP contribution in [0.1, 0.15) is 12.5 Å². The summed E-state index contributed by atoms with van der Waals surface area (Å²) in [5.74, 6) is 0.465. The van der Waals surface area contributed by atoms with E-state index in [4.69, 9.17) is 4.74 Å². The van der Waals surface area contributed by atoms with Crippen molar-refractivity contribution in [3.05, 3.63) is 52.4 Å². The Morgan fingerprint density at radius 2 is 2.04 bits per heavy atom. The average Bonchev–Trinajstić information content (AvgIpc) is 3.01. The first-order valence-electron chi connectivity index (χ1n) is 7.36. The number of aromatic nitrogens is 2. The molecule has 0 saturated carbocycles. The second-order valence-corrected chi connectivity index (χ2v) is 5.68. The first-order chi connectivity index (χ1) is 11.0. The van der Waals surface area contributed by atoms with Crippen LogP contribution >= 0.6 is 0 Å². The van der Waals surface area contributed by atoms with Gasteiger partial charge in [0.25, 0.3) is 5.91 Å². The van der Waals surface area contributed by atoms with Gasteiger partial charge in [0.15, 0.2) is 6.10 Å². The van der Waals surface area contributed by atoms with Crippen molar-refractivity contribution in [3.8, 4) is 11.4 Å². The van der Waals surface area contributed by atoms with Gasteiger partial charge in [-0.2, -0.15) is 0 Å². The Morgan fingerprint density at radius 1 is 1.22 bits per heavy atom. The summed E-state index contributed by atoms with van der Waals surface area (Å²) in [6.45, 7) is 3.50. The Kier molecular flexibility index (Phi) is 2.81. The van der Waals surface area contributed by atoms with Crippen LogP contribution in [0.25, 0.3) is 16.7 Å². The molecule has 0 spiro atoms. The topological polar surface area (TPSA) is 76.1 Å². The summed E-state index contributed by atoms with van der Waals surface area (Å²) in [6.07, 6.45) is 3.03. The van der Waals surface area contributed by atoms with Crippen LogP contribution < -0.4 is 15.5 Å². The van der Waals surface area contributed by atoms with E-state index in [1.807, 2.05) is 29.0 Å². The van der Waals surface area contributed by atoms with Crippen molar-refractivity contribution in [2.45, 2.75) is 20.0 Å². The molecule has 1 aromatic carbocycles. The minimum atomic E-state index is -0.527. The molecule has 116 valence electrons. The van der Waals surface area contributed by atoms with Gasteiger partial charge in [-0.25, -0.2) is 0 Å². The van der Waals surface area contributed by atoms with Gasteiger partial charge in [-0.05, 0) is 32.0 Å². The zero-order valence-corrected chi connectivity index (χ0v) is 12.7. The number of carbonyl (C=O) groups is 1. The molecule has 6 heteroatoms. The standard InChI is InChI=1S/C17H15N3O3/c1-9-8-20(13-5-6-18-15(13)16(9)21)11-3-4-12-14(7-11)23-10(2)17(22)19-12/h3-8,10,18H,1-2H3,(H,19,22). The highest BCUT2D eigenvalue weighted by molar-refractivity contribution is 5.97. The molecular formula is C17H15N3O3. The lowest BCUT2D eigenvalue weighted by Gasteiger charge is -2.24. The van der Waals surface area contributed by atoms with Gasteiger partial charge in [-0.15, -0.1) is 0 Å². The van der Waals surface area contributed by atoms with Crippen LogP contribution in [0, 0.1) is 6.92 Å². The monoisotopic (exact) mass is 309 g/mol. The Balaban J connectivity index is 1.91. The Morgan fingerprint density at radius 3 is 2.87 bits per heavy atom. The van der Waals surface area contributed by atoms with Crippen LogP contribution in [-0.2, 0) is 4.79 Å². The van der Waals surface area contributed by atoms with E-state index >= 15 is 0 Å². The third-order valence-electron chi connectivity index (χ3n) is 4.07. The van der Waals surface area contributed by atoms with Crippen LogP contribution in [0.5, 0.6) is 5.75 Å². The zero-order chi connectivity index (χ0) is 16.1. The average molecular weight is 309 g/mol. The molecule has 0 saturated heterocycles. The van der Waals surface area contributed by atoms with E-state index in [2.05, 4.69) is 10.3 Å². The van der Waals surface area contributed by atoms with Gasteiger partial charge in [0, 0.05) is 29.7 Å². The summed E-state index contributed by atoms with van der Waals surface area (Å²) in [4.78, 5) is 26.8. The SMILES string of the molecule is Cc1cn(-c2ccc3c(c2)OC(C)C(=O)N3)c2cc[nH]c2c1=O. The molecule has 2 N–H and O–H groups in total. The molecule has 0 fully saturated rings. The third kappa shape index (κ3) is 2.03. The van der Waals surface area contributed by atoms with Crippen LogP contribution in [0.3, 0.4) is 0 Å². The van der Waals surface area contributed by atoms with Crippen LogP contribution in [0.4, 0.5) is 5.69 Å². The number of hydrogen-bond acceptors (Lipinski definition) is 3. The summed E-state index contributed by atoms with van der Waals surface area (Å²) in [5, 5.41) is 2.81. The lowest BCUT2D eigenvalue weighted by atomic mass is 10.2. The van der Waals surface area contributed by atoms with Crippen LogP contribution in [0.2, 0.25) is 0 Å². The number of rotatable bonds is 1. The molecule has 2 aromatic heterocycles. The summed E-state index contributed by atoms with van der Waals surface area (Å²) >= 11 is 0. The van der Waals surface area contributed by atoms with Gasteiger partial charge in [0.2, 0.25) is 5.43 Å². The summed E-state index contributed by atoms with van der Waals surface area (Å²) in [6, 6.07) is 7.41. The predicted molar refractivity (Wildman–Crippen MR) is 87.4 cm³/mol. The van der Waals surface area contributed by atoms with Gasteiger partial charge in [0.1, 0.15) is 11.3 Å². The highest BCUT2D eigenvalue weighted by Gasteiger charge is 2.23. The quantitative estimate of drug-likeness (QED) is 0.724. The molecule has 1 atom stereocenters. The van der Waals surface area contributed by atoms with Crippen molar-refractivity contribution in [2.75, 3.05) is 5.32 Å². The molecule has 1 aliphatic rings. The fourth-order valence-corrected chi connectivity index (χ4v) is 2.82. The minimum Gasteiger partial charge on any atom is -0.479 e. The van der Waals surface area contributed by atoms with E-state index in [0.717, 1.165) is 11.2 Å². The molecule has 3 aromatic rings. The van der Waals surface area contributed by atoms with Gasteiger partial charge in [-0.1, -0.05) is 0 Å². The number of aryl methyl sites for hydroxylation is 1. The smallest absolute Gasteiger partial charge is 0.265 e. The van der Waals surface area contributed by atoms with Crippen molar-refractivity contribution in [3.63, 3.8) is 0 Å². The normalized spacial score (nSPS) is 16.8. The number of ether oxygens (including phenoxy) is 1. The van der Waals surface area contributed by atoms with E-state index in [0.29, 0.717) is 22.5 Å². The molecule has 1 amide bonds. The molecule has 4 rings (SSSR count). The van der Waals surface area contributed by atoms with Crippen molar-refractivity contribution in [2.24, 2.45) is 0 Å². The highest BCUT2D eigenvalue weighted by Crippen LogP contribution is 2.32. The number of H-pyrrole nitrogens is 1. The number of pyridine rings is 1. The molecule has 1 aliphatic heterocycles. The maximum Gasteiger partial charge on any atom is 0.265 e. The number of amides is 1. The Labute approximate surface area is 131 Å². The molecule has 0 bridgehead atoms. The van der Waals surface area contributed by atoms with Crippen molar-refractivity contribution in [1.82, 2.24) is 9.55 Å². The third-order valence-corrected chi connectivity index (χ3v) is 4.07. The van der Waals surface area contributed by atoms with Crippen molar-refractivity contribution >= 4 is 22.6 Å². The van der Waals surface area contributed by atoms with E-state index in [1.54, 1.807) is 26.1 Å². The Hall–Kier alpha value is -3.02. The number of fused-ring (bicyclic) bond motifs is 2. The lowest BCUT2D eigenvalue weighted by molar-refractivity contribution is -0.122. The Bertz CT molecular complexity index is 1000. The van der Waals surface area contributed by atoms with Crippen LogP contribution in [0.15, 0.2) is 41.5 Å². The summed E-state index contributed by atoms with van der Waals surface area (Å²) < 4.78 is 7.60. The molecule has 1 unspecified atom stereocenters. The van der Waals surface area contributed by atoms with E-state index in [1.165, 1.54) is 0 Å². The lowest BCUT2D eigenvalue weighted by Crippen LogP contribution is -2.34. The van der Waals surface area contributed by atoms with E-state index in [9.17, 15) is 9.59 Å². The minimum absolute atomic E-state index is 0.00338. The highest BCUT2D eigenvalue weighted by atomic mass is 16.5. The maximum absolute atomic E-state index is 12.2. The second-order valence-electron chi connectivity index (χ2n) is 5.68. The van der Waals surface area contributed by atoms with Crippen LogP contribution in [-0.4, -0.2) is 21.6 Å². The summed E-state index contributed by atoms with van der Waals surface area (Å²) in [7, 11) is 0. The maximum atomic E-state index is 12.2. The molecule has 0 aliphatic carbocycles. The molecular weight excluding hydrogens is 294 g/mol. The molecule has 6 nitrogen and oxygen atoms in total. The number of nitrogens with zero attached hydrogens (tertiary/aromatic N) is 1. The fourth-order valence-electron chi connectivity index (χ4n) is 2.82. The molecule has 0 radical (unpaired) electrons. The number of anilines is 1. The first-order valence-corrected chi connectivity index (χ1v) is 7.36. The van der Waals surface area contributed by atoms with Gasteiger partial charge < -0.3 is 19.6 Å². The first kappa shape index (κ1) is 13.6. The summed E-state index contributed by atoms with van der Waals surface area (Å²) in [5.41, 5.74) is 3.54. The van der Waals surface area contributed by atoms with Crippen molar-refractivity contribution in [1.29, 1.82) is 0 Å². The number of hydrogen-bond donors (Lipinski definition) is 2.